The molecule has 0 radical (unpaired) electrons. The van der Waals surface area contributed by atoms with E-state index in [1.165, 1.54) is 34.0 Å². The molecule has 7 rings (SSSR count). The summed E-state index contributed by atoms with van der Waals surface area (Å²) in [5.41, 5.74) is 10.2. The molecule has 0 fully saturated rings. The number of aromatic nitrogens is 1. The molecule has 0 N–H and O–H groups in total. The Hall–Kier alpha value is -5.15. The van der Waals surface area contributed by atoms with Gasteiger partial charge in [-0.25, -0.2) is 4.39 Å². The van der Waals surface area contributed by atoms with Crippen LogP contribution in [0.2, 0.25) is 0 Å². The molecule has 2 nitrogen and oxygen atoms in total. The second kappa shape index (κ2) is 9.87. The molecule has 3 heteroatoms. The van der Waals surface area contributed by atoms with Crippen LogP contribution in [-0.4, -0.2) is 11.6 Å². The number of halogens is 1. The minimum Gasteiger partial charge on any atom is -0.345 e. The second-order valence-corrected chi connectivity index (χ2v) is 10.1. The lowest BCUT2D eigenvalue weighted by Gasteiger charge is -2.20. The lowest BCUT2D eigenvalue weighted by molar-refractivity contribution is 0.627. The summed E-state index contributed by atoms with van der Waals surface area (Å²) < 4.78 is 15.8. The summed E-state index contributed by atoms with van der Waals surface area (Å²) in [4.78, 5) is 2.21. The zero-order chi connectivity index (χ0) is 27.1. The molecule has 0 aliphatic heterocycles. The van der Waals surface area contributed by atoms with E-state index in [0.717, 1.165) is 39.2 Å². The molecule has 0 aliphatic rings. The summed E-state index contributed by atoms with van der Waals surface area (Å²) in [6.45, 7) is 0. The third kappa shape index (κ3) is 4.22. The Morgan fingerprint density at radius 2 is 1.00 bits per heavy atom. The molecule has 0 spiro atoms. The van der Waals surface area contributed by atoms with Gasteiger partial charge in [-0.05, 0) is 89.0 Å². The molecule has 0 atom stereocenters. The lowest BCUT2D eigenvalue weighted by Crippen LogP contribution is -2.08. The predicted octanol–water partition coefficient (Wildman–Crippen LogP) is 10.0. The van der Waals surface area contributed by atoms with Gasteiger partial charge in [-0.15, -0.1) is 0 Å². The molecule has 0 unspecified atom stereocenters. The van der Waals surface area contributed by atoms with Crippen molar-refractivity contribution in [2.24, 2.45) is 0 Å². The van der Waals surface area contributed by atoms with Gasteiger partial charge in [-0.1, -0.05) is 78.9 Å². The van der Waals surface area contributed by atoms with Crippen molar-refractivity contribution in [1.82, 2.24) is 4.57 Å². The summed E-state index contributed by atoms with van der Waals surface area (Å²) in [5, 5.41) is 2.36. The zero-order valence-corrected chi connectivity index (χ0v) is 22.1. The van der Waals surface area contributed by atoms with Gasteiger partial charge >= 0.3 is 0 Å². The molecule has 6 aromatic carbocycles. The molecule has 0 bridgehead atoms. The molecule has 0 amide bonds. The van der Waals surface area contributed by atoms with E-state index < -0.39 is 0 Å². The Morgan fingerprint density at radius 1 is 0.475 bits per heavy atom. The number of para-hydroxylation sites is 1. The minimum atomic E-state index is -0.231. The average Bonchev–Trinajstić information content (AvgIpc) is 3.35. The summed E-state index contributed by atoms with van der Waals surface area (Å²) >= 11 is 0. The molecule has 40 heavy (non-hydrogen) atoms. The first-order valence-corrected chi connectivity index (χ1v) is 13.4. The van der Waals surface area contributed by atoms with E-state index in [-0.39, 0.29) is 5.82 Å². The first kappa shape index (κ1) is 23.9. The fourth-order valence-electron chi connectivity index (χ4n) is 5.56. The highest BCUT2D eigenvalue weighted by Gasteiger charge is 2.13. The minimum absolute atomic E-state index is 0.231. The molecule has 7 aromatic rings. The Labute approximate surface area is 233 Å². The van der Waals surface area contributed by atoms with E-state index in [0.29, 0.717) is 0 Å². The van der Waals surface area contributed by atoms with E-state index >= 15 is 0 Å². The number of nitrogens with zero attached hydrogens (tertiary/aromatic N) is 2. The molecule has 0 saturated carbocycles. The van der Waals surface area contributed by atoms with Crippen LogP contribution in [-0.2, 0) is 0 Å². The van der Waals surface area contributed by atoms with Crippen LogP contribution in [0.4, 0.5) is 15.8 Å². The van der Waals surface area contributed by atoms with Crippen LogP contribution in [0, 0.1) is 5.82 Å². The lowest BCUT2D eigenvalue weighted by atomic mass is 10.0. The van der Waals surface area contributed by atoms with Crippen LogP contribution in [0.3, 0.4) is 0 Å². The number of hydrogen-bond acceptors (Lipinski definition) is 1. The largest absolute Gasteiger partial charge is 0.345 e. The summed E-state index contributed by atoms with van der Waals surface area (Å²) in [6.07, 6.45) is 0. The van der Waals surface area contributed by atoms with E-state index in [1.807, 2.05) is 24.3 Å². The van der Waals surface area contributed by atoms with Crippen molar-refractivity contribution < 1.29 is 4.39 Å². The number of fused-ring (bicyclic) bond motifs is 3. The van der Waals surface area contributed by atoms with Crippen LogP contribution in [0.15, 0.2) is 146 Å². The van der Waals surface area contributed by atoms with Crippen LogP contribution >= 0.6 is 0 Å². The highest BCUT2D eigenvalue weighted by molar-refractivity contribution is 6.10. The highest BCUT2D eigenvalue weighted by Crippen LogP contribution is 2.36. The topological polar surface area (TPSA) is 8.17 Å². The number of hydrogen-bond donors (Lipinski definition) is 0. The molecular weight excluding hydrogens is 491 g/mol. The Kier molecular flexibility index (Phi) is 5.90. The van der Waals surface area contributed by atoms with Crippen molar-refractivity contribution in [3.8, 4) is 27.9 Å². The zero-order valence-electron chi connectivity index (χ0n) is 22.1. The van der Waals surface area contributed by atoms with Crippen molar-refractivity contribution in [1.29, 1.82) is 0 Å². The van der Waals surface area contributed by atoms with Crippen molar-refractivity contribution in [2.75, 3.05) is 11.9 Å². The van der Waals surface area contributed by atoms with Gasteiger partial charge in [0.1, 0.15) is 5.82 Å². The Balaban J connectivity index is 1.21. The van der Waals surface area contributed by atoms with E-state index in [1.54, 1.807) is 0 Å². The third-order valence-corrected chi connectivity index (χ3v) is 7.71. The molecule has 1 aromatic heterocycles. The predicted molar refractivity (Wildman–Crippen MR) is 166 cm³/mol. The van der Waals surface area contributed by atoms with Gasteiger partial charge in [0.15, 0.2) is 0 Å². The fourth-order valence-corrected chi connectivity index (χ4v) is 5.56. The van der Waals surface area contributed by atoms with Gasteiger partial charge in [-0.2, -0.15) is 0 Å². The molecule has 0 aliphatic carbocycles. The molecular formula is C37H27FN2. The molecule has 192 valence electrons. The normalized spacial score (nSPS) is 11.2. The number of anilines is 2. The maximum Gasteiger partial charge on any atom is 0.123 e. The van der Waals surface area contributed by atoms with Crippen LogP contribution in [0.5, 0.6) is 0 Å². The maximum absolute atomic E-state index is 13.6. The second-order valence-electron chi connectivity index (χ2n) is 10.1. The van der Waals surface area contributed by atoms with Crippen molar-refractivity contribution in [3.63, 3.8) is 0 Å². The van der Waals surface area contributed by atoms with Gasteiger partial charge in [0.25, 0.3) is 0 Å². The summed E-state index contributed by atoms with van der Waals surface area (Å²) in [5.74, 6) is -0.231. The van der Waals surface area contributed by atoms with E-state index in [4.69, 9.17) is 0 Å². The van der Waals surface area contributed by atoms with Crippen LogP contribution < -0.4 is 4.90 Å². The van der Waals surface area contributed by atoms with Gasteiger partial charge in [0.05, 0.1) is 11.0 Å². The molecule has 1 heterocycles. The van der Waals surface area contributed by atoms with Crippen LogP contribution in [0.25, 0.3) is 49.7 Å². The standard InChI is InChI=1S/C37H27FN2/c1-39(31-18-11-27(12-19-31)26-7-3-2-4-8-26)32-20-13-28(14-21-32)29-15-24-37-35(25-29)34-9-5-6-10-36(34)40(37)33-22-16-30(38)17-23-33/h2-25H,1H3. The van der Waals surface area contributed by atoms with Gasteiger partial charge in [0, 0.05) is 34.9 Å². The first-order chi connectivity index (χ1) is 19.7. The Bertz CT molecular complexity index is 1940. The third-order valence-electron chi connectivity index (χ3n) is 7.71. The maximum atomic E-state index is 13.6. The van der Waals surface area contributed by atoms with Crippen molar-refractivity contribution in [3.05, 3.63) is 151 Å². The smallest absolute Gasteiger partial charge is 0.123 e. The van der Waals surface area contributed by atoms with Gasteiger partial charge < -0.3 is 9.47 Å². The molecule has 0 saturated heterocycles. The van der Waals surface area contributed by atoms with Gasteiger partial charge in [-0.3, -0.25) is 0 Å². The number of benzene rings is 6. The monoisotopic (exact) mass is 518 g/mol. The van der Waals surface area contributed by atoms with Gasteiger partial charge in [0.2, 0.25) is 0 Å². The SMILES string of the molecule is CN(c1ccc(-c2ccccc2)cc1)c1ccc(-c2ccc3c(c2)c2ccccc2n3-c2ccc(F)cc2)cc1. The van der Waals surface area contributed by atoms with Crippen LogP contribution in [0.1, 0.15) is 0 Å². The van der Waals surface area contributed by atoms with E-state index in [2.05, 4.69) is 126 Å². The average molecular weight is 519 g/mol. The summed E-state index contributed by atoms with van der Waals surface area (Å²) in [7, 11) is 2.10. The van der Waals surface area contributed by atoms with Crippen molar-refractivity contribution in [2.45, 2.75) is 0 Å². The number of rotatable bonds is 5. The Morgan fingerprint density at radius 3 is 1.68 bits per heavy atom. The quantitative estimate of drug-likeness (QED) is 0.220. The fraction of sp³-hybridized carbons (Fsp3) is 0.0270. The van der Waals surface area contributed by atoms with Crippen molar-refractivity contribution >= 4 is 33.2 Å². The van der Waals surface area contributed by atoms with E-state index in [9.17, 15) is 4.39 Å². The summed E-state index contributed by atoms with van der Waals surface area (Å²) in [6, 6.07) is 49.5. The highest BCUT2D eigenvalue weighted by atomic mass is 19.1. The first-order valence-electron chi connectivity index (χ1n) is 13.4.